The number of aliphatic imine (C=N–C) groups is 1. The fourth-order valence-corrected chi connectivity index (χ4v) is 7.73. The summed E-state index contributed by atoms with van der Waals surface area (Å²) in [5.41, 5.74) is 7.07. The number of halogens is 3. The van der Waals surface area contributed by atoms with Gasteiger partial charge >= 0.3 is 6.03 Å². The third-order valence-electron chi connectivity index (χ3n) is 10.0. The van der Waals surface area contributed by atoms with E-state index in [9.17, 15) is 10.1 Å². The number of carbonyl (C=O) groups is 2. The van der Waals surface area contributed by atoms with Gasteiger partial charge in [-0.25, -0.2) is 4.79 Å². The van der Waals surface area contributed by atoms with Gasteiger partial charge in [0.25, 0.3) is 0 Å². The Labute approximate surface area is 309 Å². The second-order valence-electron chi connectivity index (χ2n) is 13.2. The fraction of sp³-hybridized carbons (Fsp3) is 0.421. The van der Waals surface area contributed by atoms with E-state index in [0.717, 1.165) is 11.1 Å². The number of piperazine rings is 1. The zero-order chi connectivity index (χ0) is 36.4. The number of rotatable bonds is 10. The summed E-state index contributed by atoms with van der Waals surface area (Å²) in [4.78, 5) is 38.6. The van der Waals surface area contributed by atoms with Gasteiger partial charge in [0.2, 0.25) is 5.91 Å². The van der Waals surface area contributed by atoms with Crippen molar-refractivity contribution in [3.05, 3.63) is 98.0 Å². The molecule has 0 spiro atoms. The van der Waals surface area contributed by atoms with Gasteiger partial charge in [-0.15, -0.1) is 0 Å². The number of amides is 3. The summed E-state index contributed by atoms with van der Waals surface area (Å²) in [7, 11) is 0. The lowest BCUT2D eigenvalue weighted by Gasteiger charge is -2.46. The highest BCUT2D eigenvalue weighted by Gasteiger charge is 2.47. The number of amidine groups is 1. The Morgan fingerprint density at radius 1 is 0.920 bits per heavy atom. The van der Waals surface area contributed by atoms with Crippen LogP contribution in [0.25, 0.3) is 0 Å². The quantitative estimate of drug-likeness (QED) is 0.226. The van der Waals surface area contributed by atoms with Crippen molar-refractivity contribution in [2.24, 2.45) is 10.7 Å². The van der Waals surface area contributed by atoms with Gasteiger partial charge in [-0.05, 0) is 86.7 Å². The van der Waals surface area contributed by atoms with Crippen molar-refractivity contribution in [3.63, 3.8) is 0 Å². The molecule has 2 heterocycles. The lowest BCUT2D eigenvalue weighted by atomic mass is 9.85. The van der Waals surface area contributed by atoms with Crippen LogP contribution in [0.5, 0.6) is 5.75 Å². The summed E-state index contributed by atoms with van der Waals surface area (Å²) in [5.74, 6) is 0.492. The summed E-state index contributed by atoms with van der Waals surface area (Å²) < 4.78 is 6.18. The summed E-state index contributed by atoms with van der Waals surface area (Å²) in [6.45, 7) is 11.5. The summed E-state index contributed by atoms with van der Waals surface area (Å²) in [5, 5.41) is 11.5. The molecule has 3 aromatic carbocycles. The molecule has 0 unspecified atom stereocenters. The molecule has 0 bridgehead atoms. The minimum atomic E-state index is -0.900. The first-order chi connectivity index (χ1) is 23.8. The summed E-state index contributed by atoms with van der Waals surface area (Å²) in [6, 6.07) is 19.4. The maximum absolute atomic E-state index is 15.0. The van der Waals surface area contributed by atoms with E-state index in [0.29, 0.717) is 83.4 Å². The zero-order valence-electron chi connectivity index (χ0n) is 29.1. The van der Waals surface area contributed by atoms with Crippen molar-refractivity contribution < 1.29 is 14.3 Å². The highest BCUT2D eigenvalue weighted by molar-refractivity contribution is 6.32. The lowest BCUT2D eigenvalue weighted by molar-refractivity contribution is -0.132. The predicted octanol–water partition coefficient (Wildman–Crippen LogP) is 8.17. The first-order valence-corrected chi connectivity index (χ1v) is 18.1. The number of primary amides is 1. The molecule has 3 aromatic rings. The number of nitrogens with two attached hydrogens (primary N) is 1. The third kappa shape index (κ3) is 7.04. The third-order valence-corrected chi connectivity index (χ3v) is 10.9. The predicted molar refractivity (Wildman–Crippen MR) is 199 cm³/mol. The van der Waals surface area contributed by atoms with Crippen molar-refractivity contribution in [2.75, 3.05) is 32.8 Å². The molecule has 1 saturated heterocycles. The zero-order valence-corrected chi connectivity index (χ0v) is 31.3. The molecule has 2 atom stereocenters. The number of hydrogen-bond donors (Lipinski definition) is 1. The van der Waals surface area contributed by atoms with Crippen LogP contribution < -0.4 is 10.5 Å². The van der Waals surface area contributed by atoms with Crippen LogP contribution >= 0.6 is 34.8 Å². The van der Waals surface area contributed by atoms with Crippen molar-refractivity contribution in [2.45, 2.75) is 70.5 Å². The van der Waals surface area contributed by atoms with Crippen molar-refractivity contribution >= 4 is 52.6 Å². The number of hydrogen-bond acceptors (Lipinski definition) is 6. The maximum Gasteiger partial charge on any atom is 0.326 e. The van der Waals surface area contributed by atoms with Crippen molar-refractivity contribution in [1.82, 2.24) is 14.7 Å². The van der Waals surface area contributed by atoms with Gasteiger partial charge in [0.05, 0.1) is 35.2 Å². The molecule has 12 heteroatoms. The van der Waals surface area contributed by atoms with E-state index >= 15 is 4.79 Å². The fourth-order valence-electron chi connectivity index (χ4n) is 7.08. The molecular weight excluding hydrogens is 695 g/mol. The lowest BCUT2D eigenvalue weighted by Crippen LogP contribution is -2.63. The monoisotopic (exact) mass is 736 g/mol. The van der Waals surface area contributed by atoms with E-state index in [2.05, 4.69) is 11.0 Å². The molecule has 264 valence electrons. The van der Waals surface area contributed by atoms with Crippen LogP contribution in [-0.2, 0) is 10.2 Å². The van der Waals surface area contributed by atoms with Crippen LogP contribution in [-0.4, -0.2) is 70.8 Å². The molecular formula is C38H43Cl3N6O3. The van der Waals surface area contributed by atoms with Gasteiger partial charge in [-0.3, -0.25) is 19.6 Å². The van der Waals surface area contributed by atoms with Gasteiger partial charge in [0, 0.05) is 41.2 Å². The van der Waals surface area contributed by atoms with E-state index < -0.39 is 23.0 Å². The average molecular weight is 738 g/mol. The summed E-state index contributed by atoms with van der Waals surface area (Å²) in [6.07, 6.45) is 1.16. The number of nitrogens with zero attached hydrogens (tertiary/aromatic N) is 5. The Hall–Kier alpha value is -3.81. The van der Waals surface area contributed by atoms with Crippen molar-refractivity contribution in [1.29, 1.82) is 5.26 Å². The van der Waals surface area contributed by atoms with E-state index in [1.165, 1.54) is 0 Å². The minimum Gasteiger partial charge on any atom is -0.493 e. The molecule has 0 saturated carbocycles. The van der Waals surface area contributed by atoms with Crippen LogP contribution in [0.2, 0.25) is 15.1 Å². The van der Waals surface area contributed by atoms with Gasteiger partial charge in [0.15, 0.2) is 0 Å². The van der Waals surface area contributed by atoms with Crippen LogP contribution in [0.3, 0.4) is 0 Å². The van der Waals surface area contributed by atoms with Crippen LogP contribution in [0.15, 0.2) is 65.7 Å². The first kappa shape index (κ1) is 37.4. The highest BCUT2D eigenvalue weighted by Crippen LogP contribution is 2.47. The molecule has 2 aliphatic heterocycles. The molecule has 0 radical (unpaired) electrons. The van der Waals surface area contributed by atoms with Gasteiger partial charge in [-0.1, -0.05) is 72.9 Å². The molecule has 0 aromatic heterocycles. The maximum atomic E-state index is 15.0. The molecule has 50 heavy (non-hydrogen) atoms. The minimum absolute atomic E-state index is 0.252. The second kappa shape index (κ2) is 15.2. The van der Waals surface area contributed by atoms with Crippen LogP contribution in [0, 0.1) is 11.3 Å². The topological polar surface area (TPSA) is 115 Å². The number of carbonyl (C=O) groups excluding carboxylic acids is 2. The Morgan fingerprint density at radius 3 is 1.98 bits per heavy atom. The standard InChI is InChI=1S/C38H43Cl3N6O3/c1-6-38(7-2,35(43)48)46-19-17-45(18-20-46)36(49)47-33(25-11-15-27(40)16-12-25)32(24-9-13-26(39)14-10-24)44-34(47)28-21-30(41)29(37(4,5)23-42)22-31(28)50-8-3/h9-16,21-22,32-33H,6-8,17-20H2,1-5H3,(H2,43,48)/t32-,33+/m0/s1. The Morgan fingerprint density at radius 2 is 1.48 bits per heavy atom. The van der Waals surface area contributed by atoms with E-state index in [-0.39, 0.29) is 11.9 Å². The molecule has 3 amide bonds. The number of ether oxygens (including phenoxy) is 1. The molecule has 2 N–H and O–H groups in total. The van der Waals surface area contributed by atoms with E-state index in [1.807, 2.05) is 57.2 Å². The largest absolute Gasteiger partial charge is 0.493 e. The summed E-state index contributed by atoms with van der Waals surface area (Å²) >= 11 is 19.6. The highest BCUT2D eigenvalue weighted by atomic mass is 35.5. The van der Waals surface area contributed by atoms with Gasteiger partial charge < -0.3 is 15.4 Å². The van der Waals surface area contributed by atoms with Gasteiger partial charge in [-0.2, -0.15) is 5.26 Å². The number of nitriles is 1. The normalized spacial score (nSPS) is 18.5. The van der Waals surface area contributed by atoms with E-state index in [1.54, 1.807) is 47.9 Å². The van der Waals surface area contributed by atoms with E-state index in [4.69, 9.17) is 50.3 Å². The second-order valence-corrected chi connectivity index (χ2v) is 14.5. The molecule has 5 rings (SSSR count). The van der Waals surface area contributed by atoms with Gasteiger partial charge in [0.1, 0.15) is 17.6 Å². The number of benzene rings is 3. The first-order valence-electron chi connectivity index (χ1n) is 16.9. The van der Waals surface area contributed by atoms with Crippen LogP contribution in [0.1, 0.15) is 81.8 Å². The number of urea groups is 1. The average Bonchev–Trinajstić information content (AvgIpc) is 3.50. The Kier molecular flexibility index (Phi) is 11.4. The molecule has 1 fully saturated rings. The van der Waals surface area contributed by atoms with Crippen LogP contribution in [0.4, 0.5) is 4.79 Å². The smallest absolute Gasteiger partial charge is 0.326 e. The SMILES string of the molecule is CCOc1cc(C(C)(C)C#N)c(Cl)cc1C1=N[C@@H](c2ccc(Cl)cc2)[C@@H](c2ccc(Cl)cc2)N1C(=O)N1CCN(C(CC)(CC)C(N)=O)CC1. The molecule has 2 aliphatic rings. The molecule has 9 nitrogen and oxygen atoms in total. The molecule has 0 aliphatic carbocycles. The van der Waals surface area contributed by atoms with Crippen molar-refractivity contribution in [3.8, 4) is 11.8 Å². The Balaban J connectivity index is 1.67. The Bertz CT molecular complexity index is 1790.